The van der Waals surface area contributed by atoms with Crippen LogP contribution >= 0.6 is 0 Å². The van der Waals surface area contributed by atoms with Crippen LogP contribution in [0.3, 0.4) is 0 Å². The van der Waals surface area contributed by atoms with Crippen molar-refractivity contribution >= 4 is 5.97 Å². The van der Waals surface area contributed by atoms with E-state index in [1.54, 1.807) is 13.8 Å². The largest absolute Gasteiger partial charge is 0.481 e. The van der Waals surface area contributed by atoms with Crippen molar-refractivity contribution in [1.29, 1.82) is 0 Å². The Kier molecular flexibility index (Phi) is 4.14. The fourth-order valence-corrected chi connectivity index (χ4v) is 1.94. The topological polar surface area (TPSA) is 49.3 Å². The van der Waals surface area contributed by atoms with Gasteiger partial charge < -0.3 is 10.4 Å². The zero-order chi connectivity index (χ0) is 11.5. The Morgan fingerprint density at radius 3 is 2.33 bits per heavy atom. The van der Waals surface area contributed by atoms with Gasteiger partial charge in [0.05, 0.1) is 5.41 Å². The van der Waals surface area contributed by atoms with Crippen molar-refractivity contribution in [1.82, 2.24) is 5.32 Å². The van der Waals surface area contributed by atoms with Gasteiger partial charge in [-0.1, -0.05) is 6.92 Å². The second kappa shape index (κ2) is 4.97. The van der Waals surface area contributed by atoms with E-state index in [4.69, 9.17) is 5.11 Å². The van der Waals surface area contributed by atoms with Gasteiger partial charge in [0.2, 0.25) is 0 Å². The Bertz CT molecular complexity index is 218. The van der Waals surface area contributed by atoms with Crippen molar-refractivity contribution in [2.75, 3.05) is 6.54 Å². The molecule has 15 heavy (non-hydrogen) atoms. The molecule has 88 valence electrons. The van der Waals surface area contributed by atoms with E-state index in [9.17, 15) is 4.79 Å². The molecule has 3 nitrogen and oxygen atoms in total. The highest BCUT2D eigenvalue weighted by Crippen LogP contribution is 2.24. The molecule has 0 aliphatic heterocycles. The highest BCUT2D eigenvalue weighted by atomic mass is 16.4. The Balaban J connectivity index is 2.28. The van der Waals surface area contributed by atoms with Gasteiger partial charge in [0.15, 0.2) is 0 Å². The van der Waals surface area contributed by atoms with Gasteiger partial charge in [-0.15, -0.1) is 0 Å². The molecule has 0 amide bonds. The van der Waals surface area contributed by atoms with E-state index in [0.717, 1.165) is 5.92 Å². The lowest BCUT2D eigenvalue weighted by molar-refractivity contribution is -0.146. The van der Waals surface area contributed by atoms with Crippen LogP contribution in [0.15, 0.2) is 0 Å². The van der Waals surface area contributed by atoms with Crippen LogP contribution < -0.4 is 5.32 Å². The summed E-state index contributed by atoms with van der Waals surface area (Å²) in [5.41, 5.74) is -0.650. The SMILES string of the molecule is CC1CCC(NCC(C)(C)C(=O)O)CC1. The van der Waals surface area contributed by atoms with Crippen LogP contribution in [0.1, 0.15) is 46.5 Å². The standard InChI is InChI=1S/C12H23NO2/c1-9-4-6-10(7-5-9)13-8-12(2,3)11(14)15/h9-10,13H,4-8H2,1-3H3,(H,14,15). The zero-order valence-corrected chi connectivity index (χ0v) is 10.0. The predicted octanol–water partition coefficient (Wildman–Crippen LogP) is 2.27. The molecule has 1 saturated carbocycles. The summed E-state index contributed by atoms with van der Waals surface area (Å²) in [6, 6.07) is 0.528. The molecule has 0 saturated heterocycles. The van der Waals surface area contributed by atoms with E-state index in [1.807, 2.05) is 0 Å². The molecule has 0 spiro atoms. The highest BCUT2D eigenvalue weighted by molar-refractivity contribution is 5.73. The number of carboxylic acid groups (broad SMARTS) is 1. The maximum Gasteiger partial charge on any atom is 0.310 e. The first kappa shape index (κ1) is 12.5. The number of hydrogen-bond acceptors (Lipinski definition) is 2. The molecule has 0 aromatic rings. The van der Waals surface area contributed by atoms with E-state index in [-0.39, 0.29) is 0 Å². The third-order valence-corrected chi connectivity index (χ3v) is 3.43. The van der Waals surface area contributed by atoms with E-state index >= 15 is 0 Å². The van der Waals surface area contributed by atoms with Gasteiger partial charge in [0.25, 0.3) is 0 Å². The molecule has 1 aliphatic carbocycles. The van der Waals surface area contributed by atoms with E-state index in [1.165, 1.54) is 25.7 Å². The summed E-state index contributed by atoms with van der Waals surface area (Å²) in [7, 11) is 0. The first-order valence-corrected chi connectivity index (χ1v) is 5.88. The monoisotopic (exact) mass is 213 g/mol. The van der Waals surface area contributed by atoms with Gasteiger partial charge in [-0.05, 0) is 45.4 Å². The van der Waals surface area contributed by atoms with Gasteiger partial charge in [-0.3, -0.25) is 4.79 Å². The lowest BCUT2D eigenvalue weighted by Crippen LogP contribution is -2.42. The van der Waals surface area contributed by atoms with E-state index in [2.05, 4.69) is 12.2 Å². The van der Waals surface area contributed by atoms with Crippen LogP contribution in [0.4, 0.5) is 0 Å². The number of aliphatic carboxylic acids is 1. The van der Waals surface area contributed by atoms with E-state index in [0.29, 0.717) is 12.6 Å². The number of rotatable bonds is 4. The van der Waals surface area contributed by atoms with Crippen LogP contribution in [0.25, 0.3) is 0 Å². The molecule has 3 heteroatoms. The average molecular weight is 213 g/mol. The summed E-state index contributed by atoms with van der Waals surface area (Å²) in [6.45, 7) is 6.40. The van der Waals surface area contributed by atoms with E-state index < -0.39 is 11.4 Å². The minimum absolute atomic E-state index is 0.528. The van der Waals surface area contributed by atoms with Crippen molar-refractivity contribution in [2.45, 2.75) is 52.5 Å². The van der Waals surface area contributed by atoms with Gasteiger partial charge in [0, 0.05) is 12.6 Å². The van der Waals surface area contributed by atoms with Gasteiger partial charge in [-0.2, -0.15) is 0 Å². The second-order valence-corrected chi connectivity index (χ2v) is 5.53. The highest BCUT2D eigenvalue weighted by Gasteiger charge is 2.28. The van der Waals surface area contributed by atoms with Gasteiger partial charge in [-0.25, -0.2) is 0 Å². The summed E-state index contributed by atoms with van der Waals surface area (Å²) >= 11 is 0. The van der Waals surface area contributed by atoms with Crippen molar-refractivity contribution in [3.8, 4) is 0 Å². The lowest BCUT2D eigenvalue weighted by Gasteiger charge is -2.29. The molecule has 1 fully saturated rings. The maximum absolute atomic E-state index is 10.9. The Labute approximate surface area is 92.3 Å². The quantitative estimate of drug-likeness (QED) is 0.753. The van der Waals surface area contributed by atoms with Crippen LogP contribution in [-0.4, -0.2) is 23.7 Å². The summed E-state index contributed by atoms with van der Waals surface area (Å²) in [5.74, 6) is 0.120. The van der Waals surface area contributed by atoms with Gasteiger partial charge in [0.1, 0.15) is 0 Å². The normalized spacial score (nSPS) is 27.7. The fourth-order valence-electron chi connectivity index (χ4n) is 1.94. The number of carbonyl (C=O) groups is 1. The predicted molar refractivity (Wildman–Crippen MR) is 60.8 cm³/mol. The molecule has 0 radical (unpaired) electrons. The number of nitrogens with one attached hydrogen (secondary N) is 1. The molecule has 0 aromatic carbocycles. The molecule has 2 N–H and O–H groups in total. The minimum atomic E-state index is -0.723. The zero-order valence-electron chi connectivity index (χ0n) is 10.0. The Morgan fingerprint density at radius 2 is 1.87 bits per heavy atom. The minimum Gasteiger partial charge on any atom is -0.481 e. The molecular weight excluding hydrogens is 190 g/mol. The number of carboxylic acids is 1. The third-order valence-electron chi connectivity index (χ3n) is 3.43. The van der Waals surface area contributed by atoms with Crippen molar-refractivity contribution < 1.29 is 9.90 Å². The summed E-state index contributed by atoms with van der Waals surface area (Å²) < 4.78 is 0. The third kappa shape index (κ3) is 3.82. The average Bonchev–Trinajstić information content (AvgIpc) is 2.17. The molecule has 1 aliphatic rings. The molecule has 0 aromatic heterocycles. The van der Waals surface area contributed by atoms with Crippen molar-refractivity contribution in [2.24, 2.45) is 11.3 Å². The van der Waals surface area contributed by atoms with Crippen LogP contribution in [0, 0.1) is 11.3 Å². The molecule has 0 bridgehead atoms. The van der Waals surface area contributed by atoms with Crippen LogP contribution in [-0.2, 0) is 4.79 Å². The molecule has 0 heterocycles. The fraction of sp³-hybridized carbons (Fsp3) is 0.917. The Morgan fingerprint density at radius 1 is 1.33 bits per heavy atom. The molecule has 1 rings (SSSR count). The number of hydrogen-bond donors (Lipinski definition) is 2. The summed E-state index contributed by atoms with van der Waals surface area (Å²) in [6.07, 6.45) is 4.92. The van der Waals surface area contributed by atoms with Gasteiger partial charge >= 0.3 is 5.97 Å². The van der Waals surface area contributed by atoms with Crippen molar-refractivity contribution in [3.63, 3.8) is 0 Å². The maximum atomic E-state index is 10.9. The Hall–Kier alpha value is -0.570. The molecule has 0 unspecified atom stereocenters. The van der Waals surface area contributed by atoms with Crippen molar-refractivity contribution in [3.05, 3.63) is 0 Å². The lowest BCUT2D eigenvalue weighted by atomic mass is 9.86. The molecule has 0 atom stereocenters. The van der Waals surface area contributed by atoms with Crippen LogP contribution in [0.5, 0.6) is 0 Å². The smallest absolute Gasteiger partial charge is 0.310 e. The summed E-state index contributed by atoms with van der Waals surface area (Å²) in [4.78, 5) is 10.9. The molecular formula is C12H23NO2. The van der Waals surface area contributed by atoms with Crippen LogP contribution in [0.2, 0.25) is 0 Å². The summed E-state index contributed by atoms with van der Waals surface area (Å²) in [5, 5.41) is 12.4. The second-order valence-electron chi connectivity index (χ2n) is 5.53. The first-order chi connectivity index (χ1) is 6.92. The first-order valence-electron chi connectivity index (χ1n) is 5.88.